The van der Waals surface area contributed by atoms with Crippen molar-refractivity contribution in [3.8, 4) is 0 Å². The van der Waals surface area contributed by atoms with Crippen molar-refractivity contribution in [1.82, 2.24) is 19.8 Å². The zero-order valence-electron chi connectivity index (χ0n) is 23.7. The topological polar surface area (TPSA) is 117 Å². The van der Waals surface area contributed by atoms with E-state index in [0.29, 0.717) is 24.9 Å². The zero-order valence-corrected chi connectivity index (χ0v) is 23.7. The predicted octanol–water partition coefficient (Wildman–Crippen LogP) is 3.34. The molecule has 6 rings (SSSR count). The highest BCUT2D eigenvalue weighted by Gasteiger charge is 2.31. The summed E-state index contributed by atoms with van der Waals surface area (Å²) in [5.74, 6) is 0.663. The second kappa shape index (κ2) is 13.6. The lowest BCUT2D eigenvalue weighted by Gasteiger charge is -2.45. The predicted molar refractivity (Wildman–Crippen MR) is 159 cm³/mol. The number of nitrogens with one attached hydrogen (secondary N) is 1. The zero-order chi connectivity index (χ0) is 28.6. The van der Waals surface area contributed by atoms with Gasteiger partial charge < -0.3 is 25.6 Å². The first-order chi connectivity index (χ1) is 20.0. The fraction of sp³-hybridized carbons (Fsp3) is 0.419. The van der Waals surface area contributed by atoms with Gasteiger partial charge in [-0.1, -0.05) is 36.4 Å². The number of piperidine rings is 1. The third-order valence-corrected chi connectivity index (χ3v) is 7.91. The van der Waals surface area contributed by atoms with Crippen LogP contribution in [-0.2, 0) is 29.1 Å². The lowest BCUT2D eigenvalue weighted by atomic mass is 9.96. The highest BCUT2D eigenvalue weighted by atomic mass is 16.5. The maximum atomic E-state index is 11.9. The fourth-order valence-electron chi connectivity index (χ4n) is 5.63. The van der Waals surface area contributed by atoms with E-state index in [0.717, 1.165) is 75.6 Å². The van der Waals surface area contributed by atoms with Crippen molar-refractivity contribution in [2.45, 2.75) is 44.9 Å². The van der Waals surface area contributed by atoms with Gasteiger partial charge in [-0.2, -0.15) is 0 Å². The summed E-state index contributed by atoms with van der Waals surface area (Å²) in [5, 5.41) is 3.32. The van der Waals surface area contributed by atoms with Crippen LogP contribution >= 0.6 is 0 Å². The number of carbonyl (C=O) groups is 2. The summed E-state index contributed by atoms with van der Waals surface area (Å²) in [6, 6.07) is 16.7. The van der Waals surface area contributed by atoms with E-state index in [1.54, 1.807) is 6.20 Å². The molecule has 2 saturated heterocycles. The molecule has 0 unspecified atom stereocenters. The molecule has 0 saturated carbocycles. The monoisotopic (exact) mass is 557 g/mol. The minimum atomic E-state index is -0.570. The van der Waals surface area contributed by atoms with E-state index in [-0.39, 0.29) is 5.69 Å². The normalized spacial score (nSPS) is 17.4. The summed E-state index contributed by atoms with van der Waals surface area (Å²) in [4.78, 5) is 37.9. The minimum absolute atomic E-state index is 0.179. The fourth-order valence-corrected chi connectivity index (χ4v) is 5.63. The van der Waals surface area contributed by atoms with Crippen molar-refractivity contribution < 1.29 is 14.3 Å². The number of benzene rings is 2. The Balaban J connectivity index is 0.000000287. The SMILES string of the molecule is CN1CC(N2CCc3cc(Nc4nc(N5CCCCC5)cnc4C(N)=O)ccc3C2)C1.O=COCc1ccccc1. The number of likely N-dealkylation sites (N-methyl/N-ethyl adjacent to an activating group) is 1. The number of amides is 1. The summed E-state index contributed by atoms with van der Waals surface area (Å²) in [7, 11) is 2.18. The van der Waals surface area contributed by atoms with Gasteiger partial charge in [0.1, 0.15) is 12.4 Å². The first-order valence-electron chi connectivity index (χ1n) is 14.3. The van der Waals surface area contributed by atoms with Crippen molar-refractivity contribution in [2.75, 3.05) is 50.0 Å². The van der Waals surface area contributed by atoms with Gasteiger partial charge >= 0.3 is 0 Å². The standard InChI is InChI=1S/C23H31N7O.C8H8O2/c1-28-14-19(15-28)30-10-7-16-11-18(6-5-17(16)13-30)26-23-21(22(24)31)25-12-20(27-23)29-8-3-2-4-9-29;9-7-10-6-8-4-2-1-3-5-8/h5-6,11-12,19H,2-4,7-10,13-15H2,1H3,(H2,24,31)(H,26,27);1-5,7H,6H2. The molecule has 2 fully saturated rings. The van der Waals surface area contributed by atoms with Crippen LogP contribution in [0.2, 0.25) is 0 Å². The van der Waals surface area contributed by atoms with Crippen LogP contribution in [0.25, 0.3) is 0 Å². The molecule has 3 aliphatic heterocycles. The Bertz CT molecular complexity index is 1320. The molecular weight excluding hydrogens is 518 g/mol. The van der Waals surface area contributed by atoms with Gasteiger partial charge in [0.25, 0.3) is 12.4 Å². The van der Waals surface area contributed by atoms with E-state index < -0.39 is 5.91 Å². The first kappa shape index (κ1) is 28.5. The Morgan fingerprint density at radius 2 is 1.85 bits per heavy atom. The lowest BCUT2D eigenvalue weighted by molar-refractivity contribution is -0.129. The molecule has 0 bridgehead atoms. The van der Waals surface area contributed by atoms with E-state index in [1.165, 1.54) is 17.5 Å². The van der Waals surface area contributed by atoms with Crippen LogP contribution in [0.5, 0.6) is 0 Å². The van der Waals surface area contributed by atoms with Gasteiger partial charge in [-0.05, 0) is 61.6 Å². The molecule has 0 radical (unpaired) electrons. The van der Waals surface area contributed by atoms with Gasteiger partial charge in [0.15, 0.2) is 11.5 Å². The Kier molecular flexibility index (Phi) is 9.43. The molecule has 41 heavy (non-hydrogen) atoms. The number of primary amides is 1. The summed E-state index contributed by atoms with van der Waals surface area (Å²) in [6.07, 6.45) is 6.25. The molecule has 10 heteroatoms. The lowest BCUT2D eigenvalue weighted by Crippen LogP contribution is -2.58. The number of likely N-dealkylation sites (tertiary alicyclic amines) is 1. The Labute approximate surface area is 241 Å². The Morgan fingerprint density at radius 3 is 2.56 bits per heavy atom. The number of rotatable bonds is 8. The molecule has 216 valence electrons. The van der Waals surface area contributed by atoms with Crippen molar-refractivity contribution in [3.63, 3.8) is 0 Å². The summed E-state index contributed by atoms with van der Waals surface area (Å²) in [5.41, 5.74) is 10.4. The van der Waals surface area contributed by atoms with Gasteiger partial charge in [0.05, 0.1) is 6.20 Å². The van der Waals surface area contributed by atoms with E-state index in [9.17, 15) is 9.59 Å². The number of nitrogens with zero attached hydrogens (tertiary/aromatic N) is 5. The van der Waals surface area contributed by atoms with Gasteiger partial charge in [-0.3, -0.25) is 14.5 Å². The number of aromatic nitrogens is 2. The molecule has 2 aromatic carbocycles. The number of hydrogen-bond acceptors (Lipinski definition) is 9. The molecule has 1 aromatic heterocycles. The molecule has 3 aromatic rings. The molecule has 10 nitrogen and oxygen atoms in total. The third-order valence-electron chi connectivity index (χ3n) is 7.91. The van der Waals surface area contributed by atoms with Crippen LogP contribution in [0, 0.1) is 0 Å². The van der Waals surface area contributed by atoms with Gasteiger partial charge in [-0.15, -0.1) is 0 Å². The van der Waals surface area contributed by atoms with Crippen LogP contribution < -0.4 is 16.0 Å². The van der Waals surface area contributed by atoms with Crippen LogP contribution in [0.15, 0.2) is 54.7 Å². The van der Waals surface area contributed by atoms with Gasteiger partial charge in [-0.25, -0.2) is 9.97 Å². The largest absolute Gasteiger partial charge is 0.463 e. The number of hydrogen-bond donors (Lipinski definition) is 2. The molecular formula is C31H39N7O3. The Hall–Kier alpha value is -4.02. The highest BCUT2D eigenvalue weighted by Crippen LogP contribution is 2.28. The Morgan fingerprint density at radius 1 is 1.07 bits per heavy atom. The number of nitrogens with two attached hydrogens (primary N) is 1. The van der Waals surface area contributed by atoms with Crippen molar-refractivity contribution in [3.05, 3.63) is 77.1 Å². The number of ether oxygens (including phenoxy) is 1. The third kappa shape index (κ3) is 7.39. The second-order valence-corrected chi connectivity index (χ2v) is 10.9. The highest BCUT2D eigenvalue weighted by molar-refractivity contribution is 5.96. The molecule has 3 N–H and O–H groups in total. The van der Waals surface area contributed by atoms with Crippen molar-refractivity contribution in [2.24, 2.45) is 5.73 Å². The van der Waals surface area contributed by atoms with Crippen molar-refractivity contribution >= 4 is 29.7 Å². The van der Waals surface area contributed by atoms with Crippen LogP contribution in [0.3, 0.4) is 0 Å². The van der Waals surface area contributed by atoms with Crippen LogP contribution in [0.1, 0.15) is 46.4 Å². The number of anilines is 3. The molecule has 3 aliphatic rings. The minimum Gasteiger partial charge on any atom is -0.463 e. The second-order valence-electron chi connectivity index (χ2n) is 10.9. The quantitative estimate of drug-likeness (QED) is 0.402. The van der Waals surface area contributed by atoms with E-state index in [1.807, 2.05) is 30.3 Å². The van der Waals surface area contributed by atoms with E-state index >= 15 is 0 Å². The number of fused-ring (bicyclic) bond motifs is 1. The summed E-state index contributed by atoms with van der Waals surface area (Å²) >= 11 is 0. The van der Waals surface area contributed by atoms with E-state index in [2.05, 4.69) is 55.0 Å². The van der Waals surface area contributed by atoms with E-state index in [4.69, 9.17) is 10.7 Å². The van der Waals surface area contributed by atoms with Gasteiger partial charge in [0, 0.05) is 51.0 Å². The molecule has 0 aliphatic carbocycles. The van der Waals surface area contributed by atoms with Crippen molar-refractivity contribution in [1.29, 1.82) is 0 Å². The van der Waals surface area contributed by atoms with Crippen LogP contribution in [0.4, 0.5) is 17.3 Å². The first-order valence-corrected chi connectivity index (χ1v) is 14.3. The molecule has 4 heterocycles. The summed E-state index contributed by atoms with van der Waals surface area (Å²) in [6.45, 7) is 7.17. The molecule has 0 atom stereocenters. The van der Waals surface area contributed by atoms with Gasteiger partial charge in [0.2, 0.25) is 0 Å². The molecule has 1 amide bonds. The van der Waals surface area contributed by atoms with Crippen LogP contribution in [-0.4, -0.2) is 78.0 Å². The number of carbonyl (C=O) groups excluding carboxylic acids is 2. The summed E-state index contributed by atoms with van der Waals surface area (Å²) < 4.78 is 4.54. The maximum Gasteiger partial charge on any atom is 0.293 e. The smallest absolute Gasteiger partial charge is 0.293 e. The molecule has 0 spiro atoms. The average molecular weight is 558 g/mol. The maximum absolute atomic E-state index is 11.9. The average Bonchev–Trinajstić information content (AvgIpc) is 2.99.